The Hall–Kier alpha value is -1.96. The van der Waals surface area contributed by atoms with Crippen LogP contribution in [-0.4, -0.2) is 38.3 Å². The molecule has 0 fully saturated rings. The summed E-state index contributed by atoms with van der Waals surface area (Å²) in [6, 6.07) is 14.9. The van der Waals surface area contributed by atoms with Crippen molar-refractivity contribution in [3.05, 3.63) is 68.1 Å². The molecule has 2 aromatic carbocycles. The highest BCUT2D eigenvalue weighted by Gasteiger charge is 2.09. The summed E-state index contributed by atoms with van der Waals surface area (Å²) in [5, 5.41) is 7.32. The van der Waals surface area contributed by atoms with Gasteiger partial charge in [0.1, 0.15) is 13.2 Å². The smallest absolute Gasteiger partial charge is 0.285 e. The Balaban J connectivity index is 0.000000166. The Labute approximate surface area is 188 Å². The summed E-state index contributed by atoms with van der Waals surface area (Å²) in [7, 11) is 0. The average molecular weight is 500 g/mol. The van der Waals surface area contributed by atoms with Crippen LogP contribution < -0.4 is 10.6 Å². The number of hydrogen-bond donors (Lipinski definition) is 2. The van der Waals surface area contributed by atoms with Crippen LogP contribution in [0.3, 0.4) is 0 Å². The van der Waals surface area contributed by atoms with Gasteiger partial charge >= 0.3 is 0 Å². The molecule has 29 heavy (non-hydrogen) atoms. The van der Waals surface area contributed by atoms with Gasteiger partial charge in [-0.15, -0.1) is 0 Å². The van der Waals surface area contributed by atoms with Crippen LogP contribution in [0.2, 0.25) is 10.0 Å². The fourth-order valence-corrected chi connectivity index (χ4v) is 3.36. The molecule has 2 aliphatic heterocycles. The normalized spacial score (nSPS) is 14.7. The first kappa shape index (κ1) is 21.7. The summed E-state index contributed by atoms with van der Waals surface area (Å²) < 4.78 is 11.5. The third-order valence-electron chi connectivity index (χ3n) is 4.02. The zero-order valence-electron chi connectivity index (χ0n) is 15.6. The standard InChI is InChI=1S/C10H11BrN2O.C10H10Cl2N2O/c11-9-4-2-1-3-8(9)7-13-10-12-5-6-14-10;11-8-3-1-2-7(9(8)12)6-14-10-13-4-5-15-10/h1-4H,5-7H2,(H,12,13);1-3H,4-6H2,(H,13,14). The number of benzene rings is 2. The first-order valence-corrected chi connectivity index (χ1v) is 10.7. The summed E-state index contributed by atoms with van der Waals surface area (Å²) in [6.45, 7) is 4.12. The number of hydrogen-bond acceptors (Lipinski definition) is 6. The summed E-state index contributed by atoms with van der Waals surface area (Å²) in [4.78, 5) is 8.26. The van der Waals surface area contributed by atoms with Gasteiger partial charge in [-0.25, -0.2) is 9.98 Å². The lowest BCUT2D eigenvalue weighted by Gasteiger charge is -2.07. The molecule has 0 unspecified atom stereocenters. The van der Waals surface area contributed by atoms with E-state index in [1.165, 1.54) is 5.56 Å². The molecule has 0 atom stereocenters. The summed E-state index contributed by atoms with van der Waals surface area (Å²) >= 11 is 15.4. The van der Waals surface area contributed by atoms with Gasteiger partial charge in [-0.05, 0) is 23.3 Å². The van der Waals surface area contributed by atoms with Crippen LogP contribution in [0.4, 0.5) is 0 Å². The number of rotatable bonds is 4. The second-order valence-electron chi connectivity index (χ2n) is 6.08. The van der Waals surface area contributed by atoms with Crippen LogP contribution >= 0.6 is 39.1 Å². The first-order valence-electron chi connectivity index (χ1n) is 9.12. The molecule has 154 valence electrons. The molecule has 2 heterocycles. The molecule has 2 N–H and O–H groups in total. The van der Waals surface area contributed by atoms with Gasteiger partial charge in [0.2, 0.25) is 0 Å². The van der Waals surface area contributed by atoms with E-state index in [1.54, 1.807) is 6.07 Å². The SMILES string of the molecule is Brc1ccccc1CNC1=NCCO1.Clc1cccc(CNC2=NCCO2)c1Cl. The number of aliphatic imine (C=N–C) groups is 2. The first-order chi connectivity index (χ1) is 14.1. The fourth-order valence-electron chi connectivity index (χ4n) is 2.55. The maximum atomic E-state index is 6.03. The number of halogens is 3. The van der Waals surface area contributed by atoms with Crippen molar-refractivity contribution in [1.82, 2.24) is 10.6 Å². The predicted octanol–water partition coefficient (Wildman–Crippen LogP) is 4.39. The van der Waals surface area contributed by atoms with Gasteiger partial charge in [0.15, 0.2) is 0 Å². The van der Waals surface area contributed by atoms with Crippen LogP contribution in [0, 0.1) is 0 Å². The molecule has 6 nitrogen and oxygen atoms in total. The van der Waals surface area contributed by atoms with E-state index in [1.807, 2.05) is 30.3 Å². The van der Waals surface area contributed by atoms with Crippen molar-refractivity contribution in [3.63, 3.8) is 0 Å². The predicted molar refractivity (Wildman–Crippen MR) is 121 cm³/mol. The van der Waals surface area contributed by atoms with Crippen molar-refractivity contribution in [3.8, 4) is 0 Å². The Morgan fingerprint density at radius 1 is 0.828 bits per heavy atom. The molecule has 9 heteroatoms. The third-order valence-corrected chi connectivity index (χ3v) is 5.65. The molecule has 0 saturated heterocycles. The molecular formula is C20H21BrCl2N4O2. The lowest BCUT2D eigenvalue weighted by atomic mass is 10.2. The number of amidine groups is 2. The van der Waals surface area contributed by atoms with Crippen LogP contribution in [0.25, 0.3) is 0 Å². The molecular weight excluding hydrogens is 479 g/mol. The van der Waals surface area contributed by atoms with Crippen LogP contribution in [0.1, 0.15) is 11.1 Å². The molecule has 0 bridgehead atoms. The lowest BCUT2D eigenvalue weighted by molar-refractivity contribution is 0.331. The summed E-state index contributed by atoms with van der Waals surface area (Å²) in [6.07, 6.45) is 0. The van der Waals surface area contributed by atoms with Gasteiger partial charge < -0.3 is 20.1 Å². The molecule has 2 aromatic rings. The number of nitrogens with one attached hydrogen (secondary N) is 2. The van der Waals surface area contributed by atoms with E-state index in [0.29, 0.717) is 48.4 Å². The van der Waals surface area contributed by atoms with E-state index < -0.39 is 0 Å². The van der Waals surface area contributed by atoms with Crippen molar-refractivity contribution in [2.75, 3.05) is 26.3 Å². The van der Waals surface area contributed by atoms with Gasteiger partial charge in [0.25, 0.3) is 12.0 Å². The van der Waals surface area contributed by atoms with Gasteiger partial charge in [-0.2, -0.15) is 0 Å². The van der Waals surface area contributed by atoms with Crippen molar-refractivity contribution >= 4 is 51.2 Å². The van der Waals surface area contributed by atoms with Crippen LogP contribution in [0.15, 0.2) is 56.9 Å². The highest BCUT2D eigenvalue weighted by atomic mass is 79.9. The van der Waals surface area contributed by atoms with Crippen LogP contribution in [-0.2, 0) is 22.6 Å². The van der Waals surface area contributed by atoms with Crippen LogP contribution in [0.5, 0.6) is 0 Å². The van der Waals surface area contributed by atoms with Gasteiger partial charge in [-0.1, -0.05) is 69.5 Å². The maximum absolute atomic E-state index is 6.03. The maximum Gasteiger partial charge on any atom is 0.285 e. The highest BCUT2D eigenvalue weighted by Crippen LogP contribution is 2.25. The Morgan fingerprint density at radius 2 is 1.41 bits per heavy atom. The third kappa shape index (κ3) is 6.80. The minimum absolute atomic E-state index is 0.560. The second kappa shape index (κ2) is 11.3. The number of ether oxygens (including phenoxy) is 2. The Morgan fingerprint density at radius 3 is 2.00 bits per heavy atom. The van der Waals surface area contributed by atoms with E-state index in [-0.39, 0.29) is 0 Å². The second-order valence-corrected chi connectivity index (χ2v) is 7.72. The average Bonchev–Trinajstić information content (AvgIpc) is 3.43. The topological polar surface area (TPSA) is 67.2 Å². The Kier molecular flexibility index (Phi) is 8.46. The van der Waals surface area contributed by atoms with Gasteiger partial charge in [-0.3, -0.25) is 0 Å². The van der Waals surface area contributed by atoms with E-state index in [4.69, 9.17) is 32.7 Å². The molecule has 0 aromatic heterocycles. The molecule has 0 spiro atoms. The quantitative estimate of drug-likeness (QED) is 0.654. The lowest BCUT2D eigenvalue weighted by Crippen LogP contribution is -2.23. The highest BCUT2D eigenvalue weighted by molar-refractivity contribution is 9.10. The van der Waals surface area contributed by atoms with Crippen molar-refractivity contribution in [1.29, 1.82) is 0 Å². The summed E-state index contributed by atoms with van der Waals surface area (Å²) in [5.41, 5.74) is 2.13. The van der Waals surface area contributed by atoms with E-state index in [9.17, 15) is 0 Å². The molecule has 0 radical (unpaired) electrons. The van der Waals surface area contributed by atoms with Gasteiger partial charge in [0, 0.05) is 17.6 Å². The van der Waals surface area contributed by atoms with E-state index in [2.05, 4.69) is 42.6 Å². The Bertz CT molecular complexity index is 893. The monoisotopic (exact) mass is 498 g/mol. The van der Waals surface area contributed by atoms with Crippen molar-refractivity contribution < 1.29 is 9.47 Å². The zero-order chi connectivity index (χ0) is 20.5. The van der Waals surface area contributed by atoms with E-state index >= 15 is 0 Å². The fraction of sp³-hybridized carbons (Fsp3) is 0.300. The van der Waals surface area contributed by atoms with Gasteiger partial charge in [0.05, 0.1) is 23.1 Å². The molecule has 2 aliphatic rings. The van der Waals surface area contributed by atoms with Crippen molar-refractivity contribution in [2.45, 2.75) is 13.1 Å². The minimum atomic E-state index is 0.560. The zero-order valence-corrected chi connectivity index (χ0v) is 18.7. The molecule has 0 amide bonds. The molecule has 0 saturated carbocycles. The molecule has 4 rings (SSSR count). The number of nitrogens with zero attached hydrogens (tertiary/aromatic N) is 2. The summed E-state index contributed by atoms with van der Waals surface area (Å²) in [5.74, 6) is 0. The van der Waals surface area contributed by atoms with Crippen molar-refractivity contribution in [2.24, 2.45) is 9.98 Å². The largest absolute Gasteiger partial charge is 0.463 e. The molecule has 0 aliphatic carbocycles. The van der Waals surface area contributed by atoms with E-state index in [0.717, 1.165) is 23.1 Å². The minimum Gasteiger partial charge on any atom is -0.463 e.